The Labute approximate surface area is 185 Å². The van der Waals surface area contributed by atoms with Crippen LogP contribution in [0.5, 0.6) is 0 Å². The van der Waals surface area contributed by atoms with E-state index in [0.29, 0.717) is 5.78 Å². The zero-order valence-corrected chi connectivity index (χ0v) is 18.9. The first kappa shape index (κ1) is 20.4. The van der Waals surface area contributed by atoms with Gasteiger partial charge in [-0.25, -0.2) is 0 Å². The molecule has 8 heteroatoms. The molecule has 1 aromatic carbocycles. The molecule has 3 aromatic heterocycles. The summed E-state index contributed by atoms with van der Waals surface area (Å²) >= 11 is 1.48. The van der Waals surface area contributed by atoms with Gasteiger partial charge in [-0.15, -0.1) is 21.5 Å². The smallest absolute Gasteiger partial charge is 0.272 e. The highest BCUT2D eigenvalue weighted by atomic mass is 32.1. The van der Waals surface area contributed by atoms with Crippen molar-refractivity contribution >= 4 is 27.3 Å². The fourth-order valence-electron chi connectivity index (χ4n) is 4.68. The lowest BCUT2D eigenvalue weighted by molar-refractivity contribution is 0.144. The molecule has 5 rings (SSSR count). The van der Waals surface area contributed by atoms with Crippen LogP contribution in [0.4, 0.5) is 0 Å². The van der Waals surface area contributed by atoms with Gasteiger partial charge in [0.1, 0.15) is 4.70 Å². The Morgan fingerprint density at radius 1 is 1.13 bits per heavy atom. The second-order valence-corrected chi connectivity index (χ2v) is 9.57. The molecule has 4 heterocycles. The molecule has 1 aliphatic heterocycles. The number of hydrogen-bond acceptors (Lipinski definition) is 6. The summed E-state index contributed by atoms with van der Waals surface area (Å²) in [6.07, 6.45) is 2.39. The molecule has 1 aliphatic rings. The Balaban J connectivity index is 1.23. The Kier molecular flexibility index (Phi) is 5.60. The predicted octanol–water partition coefficient (Wildman–Crippen LogP) is 2.99. The van der Waals surface area contributed by atoms with Crippen LogP contribution < -0.4 is 5.56 Å². The number of rotatable bonds is 6. The molecule has 0 N–H and O–H groups in total. The third kappa shape index (κ3) is 4.03. The number of hydrogen-bond donors (Lipinski definition) is 0. The fraction of sp³-hybridized carbons (Fsp3) is 0.435. The van der Waals surface area contributed by atoms with E-state index in [4.69, 9.17) is 0 Å². The van der Waals surface area contributed by atoms with E-state index in [1.165, 1.54) is 29.7 Å². The van der Waals surface area contributed by atoms with Gasteiger partial charge in [0.05, 0.1) is 12.1 Å². The first-order valence-electron chi connectivity index (χ1n) is 10.8. The number of aryl methyl sites for hydroxylation is 1. The molecular formula is C23H28N6OS. The van der Waals surface area contributed by atoms with Crippen LogP contribution in [0.2, 0.25) is 0 Å². The number of nitrogens with zero attached hydrogens (tertiary/aromatic N) is 6. The molecule has 4 aromatic rings. The van der Waals surface area contributed by atoms with Crippen molar-refractivity contribution in [2.75, 3.05) is 26.7 Å². The lowest BCUT2D eigenvalue weighted by Gasteiger charge is -2.33. The van der Waals surface area contributed by atoms with E-state index >= 15 is 0 Å². The van der Waals surface area contributed by atoms with Gasteiger partial charge in [0, 0.05) is 20.1 Å². The monoisotopic (exact) mass is 436 g/mol. The average molecular weight is 437 g/mol. The third-order valence-electron chi connectivity index (χ3n) is 6.33. The SMILES string of the molecule is CN(Cc1ccccc1)CC1CCN(Cc2nnc3n(C)c(=O)c4sccc4n23)CC1. The van der Waals surface area contributed by atoms with Gasteiger partial charge in [-0.1, -0.05) is 30.3 Å². The highest BCUT2D eigenvalue weighted by molar-refractivity contribution is 7.17. The Hall–Kier alpha value is -2.55. The van der Waals surface area contributed by atoms with E-state index < -0.39 is 0 Å². The van der Waals surface area contributed by atoms with E-state index in [9.17, 15) is 4.79 Å². The van der Waals surface area contributed by atoms with Gasteiger partial charge >= 0.3 is 0 Å². The molecule has 1 fully saturated rings. The second-order valence-electron chi connectivity index (χ2n) is 8.65. The standard InChI is InChI=1S/C23H28N6OS/c1-26(14-17-6-4-3-5-7-17)15-18-8-11-28(12-9-18)16-20-24-25-23-27(2)22(30)21-19(29(20)23)10-13-31-21/h3-7,10,13,18H,8-9,11-12,14-16H2,1-2H3. The first-order chi connectivity index (χ1) is 15.1. The quantitative estimate of drug-likeness (QED) is 0.465. The molecule has 0 aliphatic carbocycles. The minimum atomic E-state index is -0.00288. The number of benzene rings is 1. The maximum absolute atomic E-state index is 12.5. The first-order valence-corrected chi connectivity index (χ1v) is 11.7. The molecule has 0 atom stereocenters. The largest absolute Gasteiger partial charge is 0.302 e. The van der Waals surface area contributed by atoms with Gasteiger partial charge in [-0.2, -0.15) is 0 Å². The highest BCUT2D eigenvalue weighted by Crippen LogP contribution is 2.23. The molecule has 0 bridgehead atoms. The summed E-state index contributed by atoms with van der Waals surface area (Å²) in [6.45, 7) is 5.03. The van der Waals surface area contributed by atoms with E-state index in [2.05, 4.69) is 57.4 Å². The van der Waals surface area contributed by atoms with Gasteiger partial charge in [-0.05, 0) is 55.9 Å². The van der Waals surface area contributed by atoms with Gasteiger partial charge in [0.2, 0.25) is 5.78 Å². The van der Waals surface area contributed by atoms with Gasteiger partial charge in [0.25, 0.3) is 5.56 Å². The zero-order chi connectivity index (χ0) is 21.4. The molecule has 0 unspecified atom stereocenters. The molecular weight excluding hydrogens is 408 g/mol. The predicted molar refractivity (Wildman–Crippen MR) is 124 cm³/mol. The van der Waals surface area contributed by atoms with Crippen LogP contribution in [0.15, 0.2) is 46.6 Å². The van der Waals surface area contributed by atoms with Crippen LogP contribution in [0.1, 0.15) is 24.2 Å². The van der Waals surface area contributed by atoms with Crippen LogP contribution in [-0.4, -0.2) is 55.6 Å². The van der Waals surface area contributed by atoms with Crippen molar-refractivity contribution in [1.29, 1.82) is 0 Å². The second kappa shape index (κ2) is 8.53. The molecule has 1 saturated heterocycles. The lowest BCUT2D eigenvalue weighted by atomic mass is 9.96. The highest BCUT2D eigenvalue weighted by Gasteiger charge is 2.23. The Morgan fingerprint density at radius 3 is 2.68 bits per heavy atom. The summed E-state index contributed by atoms with van der Waals surface area (Å²) in [4.78, 5) is 17.4. The Morgan fingerprint density at radius 2 is 1.90 bits per heavy atom. The summed E-state index contributed by atoms with van der Waals surface area (Å²) in [5, 5.41) is 10.7. The van der Waals surface area contributed by atoms with Crippen LogP contribution >= 0.6 is 11.3 Å². The van der Waals surface area contributed by atoms with Crippen molar-refractivity contribution in [3.8, 4) is 0 Å². The molecule has 0 radical (unpaired) electrons. The molecule has 0 spiro atoms. The summed E-state index contributed by atoms with van der Waals surface area (Å²) in [5.41, 5.74) is 2.28. The van der Waals surface area contributed by atoms with Crippen molar-refractivity contribution < 1.29 is 0 Å². The summed E-state index contributed by atoms with van der Waals surface area (Å²) in [6, 6.07) is 12.7. The summed E-state index contributed by atoms with van der Waals surface area (Å²) in [5.74, 6) is 2.25. The number of piperidine rings is 1. The molecule has 162 valence electrons. The lowest BCUT2D eigenvalue weighted by Crippen LogP contribution is -2.37. The van der Waals surface area contributed by atoms with E-state index in [-0.39, 0.29) is 5.56 Å². The van der Waals surface area contributed by atoms with Gasteiger partial charge < -0.3 is 4.90 Å². The topological polar surface area (TPSA) is 58.7 Å². The van der Waals surface area contributed by atoms with E-state index in [0.717, 1.165) is 54.7 Å². The van der Waals surface area contributed by atoms with E-state index in [1.54, 1.807) is 11.6 Å². The van der Waals surface area contributed by atoms with Gasteiger partial charge in [0.15, 0.2) is 5.82 Å². The van der Waals surface area contributed by atoms with Crippen LogP contribution in [0, 0.1) is 5.92 Å². The molecule has 31 heavy (non-hydrogen) atoms. The molecule has 7 nitrogen and oxygen atoms in total. The number of likely N-dealkylation sites (tertiary alicyclic amines) is 1. The maximum Gasteiger partial charge on any atom is 0.272 e. The zero-order valence-electron chi connectivity index (χ0n) is 18.1. The van der Waals surface area contributed by atoms with Crippen LogP contribution in [0.3, 0.4) is 0 Å². The van der Waals surface area contributed by atoms with Crippen molar-refractivity contribution in [2.45, 2.75) is 25.9 Å². The number of aromatic nitrogens is 4. The van der Waals surface area contributed by atoms with Crippen molar-refractivity contribution in [3.63, 3.8) is 0 Å². The van der Waals surface area contributed by atoms with Crippen molar-refractivity contribution in [2.24, 2.45) is 13.0 Å². The third-order valence-corrected chi connectivity index (χ3v) is 7.23. The van der Waals surface area contributed by atoms with Crippen LogP contribution in [0.25, 0.3) is 16.0 Å². The minimum Gasteiger partial charge on any atom is -0.302 e. The summed E-state index contributed by atoms with van der Waals surface area (Å²) < 4.78 is 4.41. The van der Waals surface area contributed by atoms with Crippen molar-refractivity contribution in [3.05, 3.63) is 63.5 Å². The average Bonchev–Trinajstić information content (AvgIpc) is 3.41. The fourth-order valence-corrected chi connectivity index (χ4v) is 5.53. The molecule has 0 saturated carbocycles. The Bertz CT molecular complexity index is 1240. The van der Waals surface area contributed by atoms with Crippen LogP contribution in [-0.2, 0) is 20.1 Å². The number of fused-ring (bicyclic) bond motifs is 3. The molecule has 0 amide bonds. The van der Waals surface area contributed by atoms with E-state index in [1.807, 2.05) is 15.8 Å². The minimum absolute atomic E-state index is 0.00288. The normalized spacial score (nSPS) is 16.1. The van der Waals surface area contributed by atoms with Crippen molar-refractivity contribution in [1.82, 2.24) is 29.0 Å². The number of thiophene rings is 1. The summed E-state index contributed by atoms with van der Waals surface area (Å²) in [7, 11) is 3.99. The van der Waals surface area contributed by atoms with Gasteiger partial charge in [-0.3, -0.25) is 18.7 Å². The maximum atomic E-state index is 12.5.